The normalized spacial score (nSPS) is 10.8. The maximum atomic E-state index is 12.6. The van der Waals surface area contributed by atoms with Gasteiger partial charge in [0.2, 0.25) is 5.43 Å². The largest absolute Gasteiger partial charge is 0.320 e. The van der Waals surface area contributed by atoms with Crippen molar-refractivity contribution in [3.63, 3.8) is 0 Å². The minimum atomic E-state index is -0.543. The summed E-state index contributed by atoms with van der Waals surface area (Å²) in [6.45, 7) is 4.26. The van der Waals surface area contributed by atoms with E-state index in [0.29, 0.717) is 28.2 Å². The van der Waals surface area contributed by atoms with Crippen molar-refractivity contribution in [1.29, 1.82) is 0 Å². The molecule has 0 aliphatic heterocycles. The molecule has 0 aliphatic carbocycles. The summed E-state index contributed by atoms with van der Waals surface area (Å²) in [7, 11) is 0. The lowest BCUT2D eigenvalue weighted by atomic mass is 10.1. The quantitative estimate of drug-likeness (QED) is 0.791. The van der Waals surface area contributed by atoms with Crippen LogP contribution < -0.4 is 10.7 Å². The summed E-state index contributed by atoms with van der Waals surface area (Å²) in [6, 6.07) is 12.3. The van der Waals surface area contributed by atoms with Crippen LogP contribution in [0.3, 0.4) is 0 Å². The Morgan fingerprint density at radius 1 is 1.21 bits per heavy atom. The highest BCUT2D eigenvalue weighted by atomic mass is 35.5. The minimum absolute atomic E-state index is 0.130. The summed E-state index contributed by atoms with van der Waals surface area (Å²) in [5.74, 6) is -0.543. The van der Waals surface area contributed by atoms with E-state index in [1.165, 1.54) is 0 Å². The number of benzene rings is 2. The summed E-state index contributed by atoms with van der Waals surface area (Å²) < 4.78 is 1.65. The number of halogens is 1. The van der Waals surface area contributed by atoms with Crippen molar-refractivity contribution in [2.75, 3.05) is 5.32 Å². The van der Waals surface area contributed by atoms with Gasteiger partial charge in [0, 0.05) is 22.6 Å². The number of carbonyl (C=O) groups excluding carboxylic acids is 1. The van der Waals surface area contributed by atoms with E-state index < -0.39 is 5.91 Å². The third-order valence-electron chi connectivity index (χ3n) is 3.89. The number of nitrogens with one attached hydrogen (secondary N) is 1. The average Bonchev–Trinajstić information content (AvgIpc) is 2.59. The molecule has 0 saturated carbocycles. The first kappa shape index (κ1) is 16.2. The second kappa shape index (κ2) is 6.45. The number of aromatic nitrogens is 2. The van der Waals surface area contributed by atoms with Crippen LogP contribution in [0.15, 0.2) is 47.3 Å². The van der Waals surface area contributed by atoms with E-state index in [4.69, 9.17) is 11.6 Å². The third kappa shape index (κ3) is 2.78. The molecule has 1 aromatic heterocycles. The molecule has 0 spiro atoms. The fourth-order valence-corrected chi connectivity index (χ4v) is 2.73. The van der Waals surface area contributed by atoms with Crippen LogP contribution in [0, 0.1) is 6.92 Å². The SMILES string of the molecule is CCn1nc(C(=O)Nc2cccc(Cl)c2C)c(=O)c2ccccc21. The van der Waals surface area contributed by atoms with Gasteiger partial charge in [0.25, 0.3) is 5.91 Å². The number of aryl methyl sites for hydroxylation is 1. The summed E-state index contributed by atoms with van der Waals surface area (Å²) in [6.07, 6.45) is 0. The monoisotopic (exact) mass is 341 g/mol. The van der Waals surface area contributed by atoms with Gasteiger partial charge in [-0.25, -0.2) is 0 Å². The topological polar surface area (TPSA) is 64.0 Å². The number of rotatable bonds is 3. The molecule has 1 N–H and O–H groups in total. The van der Waals surface area contributed by atoms with Crippen LogP contribution in [0.2, 0.25) is 5.02 Å². The van der Waals surface area contributed by atoms with Crippen LogP contribution in [-0.2, 0) is 6.54 Å². The Balaban J connectivity index is 2.09. The molecule has 3 rings (SSSR count). The number of nitrogens with zero attached hydrogens (tertiary/aromatic N) is 2. The van der Waals surface area contributed by atoms with Crippen LogP contribution in [-0.4, -0.2) is 15.7 Å². The Morgan fingerprint density at radius 2 is 1.96 bits per heavy atom. The fraction of sp³-hybridized carbons (Fsp3) is 0.167. The van der Waals surface area contributed by atoms with E-state index in [9.17, 15) is 9.59 Å². The Kier molecular flexibility index (Phi) is 4.36. The van der Waals surface area contributed by atoms with Crippen LogP contribution in [0.4, 0.5) is 5.69 Å². The van der Waals surface area contributed by atoms with Crippen LogP contribution in [0.1, 0.15) is 23.0 Å². The van der Waals surface area contributed by atoms with Gasteiger partial charge in [0.1, 0.15) is 0 Å². The smallest absolute Gasteiger partial charge is 0.280 e. The van der Waals surface area contributed by atoms with Crippen molar-refractivity contribution in [2.24, 2.45) is 0 Å². The van der Waals surface area contributed by atoms with Gasteiger partial charge in [-0.15, -0.1) is 0 Å². The van der Waals surface area contributed by atoms with E-state index >= 15 is 0 Å². The highest BCUT2D eigenvalue weighted by Crippen LogP contribution is 2.23. The highest BCUT2D eigenvalue weighted by Gasteiger charge is 2.18. The summed E-state index contributed by atoms with van der Waals surface area (Å²) >= 11 is 6.07. The van der Waals surface area contributed by atoms with Gasteiger partial charge in [-0.1, -0.05) is 29.8 Å². The van der Waals surface area contributed by atoms with E-state index in [2.05, 4.69) is 10.4 Å². The molecule has 0 saturated heterocycles. The Morgan fingerprint density at radius 3 is 2.71 bits per heavy atom. The van der Waals surface area contributed by atoms with Crippen LogP contribution in [0.5, 0.6) is 0 Å². The van der Waals surface area contributed by atoms with E-state index in [0.717, 1.165) is 5.56 Å². The molecule has 5 nitrogen and oxygen atoms in total. The van der Waals surface area contributed by atoms with Crippen molar-refractivity contribution in [1.82, 2.24) is 9.78 Å². The second-order valence-corrected chi connectivity index (χ2v) is 5.78. The lowest BCUT2D eigenvalue weighted by molar-refractivity contribution is 0.101. The number of amides is 1. The molecule has 0 fully saturated rings. The number of fused-ring (bicyclic) bond motifs is 1. The third-order valence-corrected chi connectivity index (χ3v) is 4.30. The average molecular weight is 342 g/mol. The van der Waals surface area contributed by atoms with E-state index in [-0.39, 0.29) is 11.1 Å². The lowest BCUT2D eigenvalue weighted by Crippen LogP contribution is -2.27. The van der Waals surface area contributed by atoms with Gasteiger partial charge >= 0.3 is 0 Å². The molecule has 24 heavy (non-hydrogen) atoms. The van der Waals surface area contributed by atoms with E-state index in [1.54, 1.807) is 41.9 Å². The number of carbonyl (C=O) groups is 1. The minimum Gasteiger partial charge on any atom is -0.320 e. The lowest BCUT2D eigenvalue weighted by Gasteiger charge is -2.12. The molecular weight excluding hydrogens is 326 g/mol. The maximum absolute atomic E-state index is 12.6. The molecular formula is C18H16ClN3O2. The van der Waals surface area contributed by atoms with Crippen molar-refractivity contribution in [3.05, 3.63) is 69.0 Å². The number of hydrogen-bond donors (Lipinski definition) is 1. The van der Waals surface area contributed by atoms with Crippen molar-refractivity contribution < 1.29 is 4.79 Å². The van der Waals surface area contributed by atoms with Crippen molar-refractivity contribution in [3.8, 4) is 0 Å². The predicted molar refractivity (Wildman–Crippen MR) is 95.8 cm³/mol. The number of para-hydroxylation sites is 1. The molecule has 0 bridgehead atoms. The first-order valence-electron chi connectivity index (χ1n) is 7.59. The zero-order valence-corrected chi connectivity index (χ0v) is 14.1. The standard InChI is InChI=1S/C18H16ClN3O2/c1-3-22-15-10-5-4-7-12(15)17(23)16(21-22)18(24)20-14-9-6-8-13(19)11(14)2/h4-10H,3H2,1-2H3,(H,20,24). The van der Waals surface area contributed by atoms with Crippen LogP contribution >= 0.6 is 11.6 Å². The van der Waals surface area contributed by atoms with Crippen molar-refractivity contribution >= 4 is 34.1 Å². The van der Waals surface area contributed by atoms with Crippen molar-refractivity contribution in [2.45, 2.75) is 20.4 Å². The predicted octanol–water partition coefficient (Wildman–Crippen LogP) is 3.63. The Bertz CT molecular complexity index is 995. The summed E-state index contributed by atoms with van der Waals surface area (Å²) in [4.78, 5) is 25.2. The molecule has 2 aromatic carbocycles. The molecule has 1 heterocycles. The molecule has 6 heteroatoms. The molecule has 122 valence electrons. The molecule has 0 unspecified atom stereocenters. The Hall–Kier alpha value is -2.66. The number of anilines is 1. The highest BCUT2D eigenvalue weighted by molar-refractivity contribution is 6.31. The molecule has 1 amide bonds. The van der Waals surface area contributed by atoms with Gasteiger partial charge in [-0.2, -0.15) is 5.10 Å². The summed E-state index contributed by atoms with van der Waals surface area (Å²) in [5, 5.41) is 7.97. The number of hydrogen-bond acceptors (Lipinski definition) is 3. The summed E-state index contributed by atoms with van der Waals surface area (Å²) in [5.41, 5.74) is 1.50. The van der Waals surface area contributed by atoms with Crippen LogP contribution in [0.25, 0.3) is 10.9 Å². The molecule has 0 aliphatic rings. The molecule has 0 atom stereocenters. The fourth-order valence-electron chi connectivity index (χ4n) is 2.55. The van der Waals surface area contributed by atoms with Gasteiger partial charge in [-0.3, -0.25) is 14.3 Å². The zero-order valence-electron chi connectivity index (χ0n) is 13.3. The Labute approximate surface area is 143 Å². The zero-order chi connectivity index (χ0) is 17.3. The van der Waals surface area contributed by atoms with Gasteiger partial charge in [0.15, 0.2) is 5.69 Å². The van der Waals surface area contributed by atoms with Gasteiger partial charge in [0.05, 0.1) is 5.52 Å². The van der Waals surface area contributed by atoms with Gasteiger partial charge < -0.3 is 5.32 Å². The maximum Gasteiger partial charge on any atom is 0.280 e. The molecule has 0 radical (unpaired) electrons. The van der Waals surface area contributed by atoms with Gasteiger partial charge in [-0.05, 0) is 43.7 Å². The molecule has 3 aromatic rings. The first-order valence-corrected chi connectivity index (χ1v) is 7.97. The first-order chi connectivity index (χ1) is 11.5. The second-order valence-electron chi connectivity index (χ2n) is 5.38. The van der Waals surface area contributed by atoms with E-state index in [1.807, 2.05) is 19.1 Å².